The minimum absolute atomic E-state index is 0.0697. The van der Waals surface area contributed by atoms with Gasteiger partial charge in [-0.25, -0.2) is 0 Å². The second-order valence-corrected chi connectivity index (χ2v) is 2.80. The van der Waals surface area contributed by atoms with Crippen LogP contribution in [0.2, 0.25) is 0 Å². The monoisotopic (exact) mass is 194 g/mol. The average Bonchev–Trinajstić information content (AvgIpc) is 2.53. The van der Waals surface area contributed by atoms with Crippen molar-refractivity contribution >= 4 is 12.2 Å². The van der Waals surface area contributed by atoms with E-state index < -0.39 is 0 Å². The minimum atomic E-state index is 0.0697. The third-order valence-corrected chi connectivity index (χ3v) is 1.75. The molecule has 2 aromatic heterocycles. The average molecular weight is 194 g/mol. The summed E-state index contributed by atoms with van der Waals surface area (Å²) in [5.74, 6) is 0.574. The summed E-state index contributed by atoms with van der Waals surface area (Å²) >= 11 is 4.78. The van der Waals surface area contributed by atoms with Crippen molar-refractivity contribution in [2.24, 2.45) is 0 Å². The van der Waals surface area contributed by atoms with Crippen molar-refractivity contribution in [1.29, 1.82) is 0 Å². The van der Waals surface area contributed by atoms with Crippen LogP contribution in [0.3, 0.4) is 0 Å². The normalized spacial score (nSPS) is 10.2. The van der Waals surface area contributed by atoms with Gasteiger partial charge in [0.1, 0.15) is 5.75 Å². The molecular formula is C7H6N4OS. The summed E-state index contributed by atoms with van der Waals surface area (Å²) in [6.07, 6.45) is 2.92. The van der Waals surface area contributed by atoms with E-state index in [-0.39, 0.29) is 5.75 Å². The van der Waals surface area contributed by atoms with Crippen LogP contribution < -0.4 is 0 Å². The number of H-pyrrole nitrogens is 2. The summed E-state index contributed by atoms with van der Waals surface area (Å²) in [4.78, 5) is 7.71. The molecule has 0 amide bonds. The van der Waals surface area contributed by atoms with Crippen molar-refractivity contribution in [3.63, 3.8) is 0 Å². The smallest absolute Gasteiger partial charge is 0.213 e. The van der Waals surface area contributed by atoms with E-state index in [9.17, 15) is 5.11 Å². The van der Waals surface area contributed by atoms with Gasteiger partial charge in [0.15, 0.2) is 5.82 Å². The number of pyridine rings is 1. The zero-order valence-electron chi connectivity index (χ0n) is 6.48. The van der Waals surface area contributed by atoms with Gasteiger partial charge in [-0.2, -0.15) is 4.98 Å². The van der Waals surface area contributed by atoms with E-state index in [2.05, 4.69) is 20.2 Å². The molecule has 0 aromatic carbocycles. The summed E-state index contributed by atoms with van der Waals surface area (Å²) in [5.41, 5.74) is 0.572. The van der Waals surface area contributed by atoms with Crippen molar-refractivity contribution in [1.82, 2.24) is 20.2 Å². The molecule has 0 saturated heterocycles. The van der Waals surface area contributed by atoms with Gasteiger partial charge in [0, 0.05) is 6.20 Å². The molecular weight excluding hydrogens is 188 g/mol. The second-order valence-electron chi connectivity index (χ2n) is 2.41. The maximum Gasteiger partial charge on any atom is 0.213 e. The molecule has 0 aliphatic carbocycles. The lowest BCUT2D eigenvalue weighted by Crippen LogP contribution is -1.82. The largest absolute Gasteiger partial charge is 0.506 e. The highest BCUT2D eigenvalue weighted by molar-refractivity contribution is 7.71. The van der Waals surface area contributed by atoms with E-state index in [1.165, 1.54) is 6.20 Å². The molecule has 2 rings (SSSR count). The van der Waals surface area contributed by atoms with Gasteiger partial charge in [-0.3, -0.25) is 15.2 Å². The SMILES string of the molecule is Oc1cnccc1-c1nc(=S)[nH][nH]1. The number of aromatic hydroxyl groups is 1. The fourth-order valence-electron chi connectivity index (χ4n) is 0.984. The predicted octanol–water partition coefficient (Wildman–Crippen LogP) is 1.23. The molecule has 0 atom stereocenters. The number of aromatic nitrogens is 4. The summed E-state index contributed by atoms with van der Waals surface area (Å²) < 4.78 is 0.353. The standard InChI is InChI=1S/C7H6N4OS/c12-5-3-8-2-1-4(5)6-9-7(13)11-10-6/h1-3,12H,(H2,9,10,11,13). The van der Waals surface area contributed by atoms with Crippen LogP contribution in [0.25, 0.3) is 11.4 Å². The number of rotatable bonds is 1. The first-order valence-electron chi connectivity index (χ1n) is 3.55. The first-order valence-corrected chi connectivity index (χ1v) is 3.96. The number of nitrogens with zero attached hydrogens (tertiary/aromatic N) is 2. The first kappa shape index (κ1) is 7.93. The van der Waals surface area contributed by atoms with E-state index in [4.69, 9.17) is 12.2 Å². The molecule has 0 spiro atoms. The number of aromatic amines is 2. The Kier molecular flexibility index (Phi) is 1.82. The van der Waals surface area contributed by atoms with Gasteiger partial charge < -0.3 is 5.11 Å². The number of nitrogens with one attached hydrogen (secondary N) is 2. The topological polar surface area (TPSA) is 77.6 Å². The Morgan fingerprint density at radius 2 is 2.23 bits per heavy atom. The Balaban J connectivity index is 2.58. The molecule has 2 heterocycles. The van der Waals surface area contributed by atoms with E-state index in [1.54, 1.807) is 12.3 Å². The van der Waals surface area contributed by atoms with Crippen molar-refractivity contribution in [3.8, 4) is 17.1 Å². The van der Waals surface area contributed by atoms with Crippen LogP contribution in [0.1, 0.15) is 0 Å². The van der Waals surface area contributed by atoms with Gasteiger partial charge in [-0.05, 0) is 18.3 Å². The molecule has 0 fully saturated rings. The predicted molar refractivity (Wildman–Crippen MR) is 48.7 cm³/mol. The van der Waals surface area contributed by atoms with Crippen LogP contribution in [0.15, 0.2) is 18.5 Å². The summed E-state index contributed by atoms with van der Waals surface area (Å²) in [6.45, 7) is 0. The van der Waals surface area contributed by atoms with E-state index in [0.29, 0.717) is 16.2 Å². The third-order valence-electron chi connectivity index (χ3n) is 1.56. The van der Waals surface area contributed by atoms with Gasteiger partial charge in [0.05, 0.1) is 11.8 Å². The first-order chi connectivity index (χ1) is 6.27. The Morgan fingerprint density at radius 3 is 2.85 bits per heavy atom. The van der Waals surface area contributed by atoms with E-state index in [0.717, 1.165) is 0 Å². The Hall–Kier alpha value is -1.69. The lowest BCUT2D eigenvalue weighted by atomic mass is 10.2. The summed E-state index contributed by atoms with van der Waals surface area (Å²) in [7, 11) is 0. The molecule has 0 unspecified atom stereocenters. The zero-order valence-corrected chi connectivity index (χ0v) is 7.30. The van der Waals surface area contributed by atoms with Gasteiger partial charge in [-0.1, -0.05) is 0 Å². The van der Waals surface area contributed by atoms with E-state index >= 15 is 0 Å². The minimum Gasteiger partial charge on any atom is -0.506 e. The van der Waals surface area contributed by atoms with Crippen molar-refractivity contribution < 1.29 is 5.11 Å². The summed E-state index contributed by atoms with van der Waals surface area (Å²) in [5, 5.41) is 14.8. The highest BCUT2D eigenvalue weighted by atomic mass is 32.1. The van der Waals surface area contributed by atoms with Crippen LogP contribution in [0.5, 0.6) is 5.75 Å². The molecule has 0 saturated carbocycles. The maximum atomic E-state index is 9.40. The highest BCUT2D eigenvalue weighted by Gasteiger charge is 2.05. The quantitative estimate of drug-likeness (QED) is 0.597. The molecule has 0 radical (unpaired) electrons. The second kappa shape index (κ2) is 2.98. The fourth-order valence-corrected chi connectivity index (χ4v) is 1.13. The van der Waals surface area contributed by atoms with Crippen molar-refractivity contribution in [2.45, 2.75) is 0 Å². The van der Waals surface area contributed by atoms with Crippen LogP contribution in [-0.4, -0.2) is 25.3 Å². The van der Waals surface area contributed by atoms with Gasteiger partial charge in [0.25, 0.3) is 0 Å². The van der Waals surface area contributed by atoms with Crippen LogP contribution >= 0.6 is 12.2 Å². The molecule has 6 heteroatoms. The number of hydrogen-bond donors (Lipinski definition) is 3. The van der Waals surface area contributed by atoms with Crippen LogP contribution in [-0.2, 0) is 0 Å². The highest BCUT2D eigenvalue weighted by Crippen LogP contribution is 2.23. The lowest BCUT2D eigenvalue weighted by Gasteiger charge is -1.97. The summed E-state index contributed by atoms with van der Waals surface area (Å²) in [6, 6.07) is 1.65. The molecule has 2 aromatic rings. The molecule has 13 heavy (non-hydrogen) atoms. The Labute approximate surface area is 78.5 Å². The molecule has 0 aliphatic rings. The van der Waals surface area contributed by atoms with Crippen molar-refractivity contribution in [3.05, 3.63) is 23.2 Å². The lowest BCUT2D eigenvalue weighted by molar-refractivity contribution is 0.474. The number of hydrogen-bond acceptors (Lipinski definition) is 4. The molecule has 66 valence electrons. The molecule has 5 nitrogen and oxygen atoms in total. The molecule has 0 aliphatic heterocycles. The van der Waals surface area contributed by atoms with Gasteiger partial charge >= 0.3 is 0 Å². The van der Waals surface area contributed by atoms with Crippen molar-refractivity contribution in [2.75, 3.05) is 0 Å². The van der Waals surface area contributed by atoms with Gasteiger partial charge in [-0.15, -0.1) is 0 Å². The Bertz CT molecular complexity index is 475. The maximum absolute atomic E-state index is 9.40. The fraction of sp³-hybridized carbons (Fsp3) is 0. The van der Waals surface area contributed by atoms with Crippen LogP contribution in [0.4, 0.5) is 0 Å². The Morgan fingerprint density at radius 1 is 1.38 bits per heavy atom. The van der Waals surface area contributed by atoms with E-state index in [1.807, 2.05) is 0 Å². The molecule has 0 bridgehead atoms. The third kappa shape index (κ3) is 1.43. The van der Waals surface area contributed by atoms with Gasteiger partial charge in [0.2, 0.25) is 4.77 Å². The molecule has 3 N–H and O–H groups in total. The zero-order chi connectivity index (χ0) is 9.26. The van der Waals surface area contributed by atoms with Crippen LogP contribution in [0, 0.1) is 4.77 Å².